The molecule has 2 aromatic heterocycles. The number of nitrogens with two attached hydrogens (primary N) is 1. The molecule has 0 aliphatic carbocycles. The maximum atomic E-state index is 15.1. The molecule has 30 heavy (non-hydrogen) atoms. The van der Waals surface area contributed by atoms with Gasteiger partial charge in [-0.2, -0.15) is 15.3 Å². The molecule has 3 N–H and O–H groups in total. The van der Waals surface area contributed by atoms with Gasteiger partial charge in [0.1, 0.15) is 23.7 Å². The summed E-state index contributed by atoms with van der Waals surface area (Å²) in [6.07, 6.45) is 1.50. The maximum absolute atomic E-state index is 15.1. The number of ether oxygens (including phenoxy) is 1. The smallest absolute Gasteiger partial charge is 0.269 e. The zero-order chi connectivity index (χ0) is 21.5. The van der Waals surface area contributed by atoms with Gasteiger partial charge in [-0.05, 0) is 50.2 Å². The molecule has 1 amide bonds. The number of alkyl halides is 1. The van der Waals surface area contributed by atoms with Crippen molar-refractivity contribution in [3.8, 4) is 23.3 Å². The summed E-state index contributed by atoms with van der Waals surface area (Å²) >= 11 is 0. The molecule has 0 radical (unpaired) electrons. The number of nitrogens with zero attached hydrogens (tertiary/aromatic N) is 4. The Balaban J connectivity index is 1.79. The Morgan fingerprint density at radius 3 is 2.90 bits per heavy atom. The number of halogens is 1. The van der Waals surface area contributed by atoms with Crippen LogP contribution in [0.1, 0.15) is 41.3 Å². The lowest BCUT2D eigenvalue weighted by atomic mass is 10.0. The Morgan fingerprint density at radius 2 is 2.20 bits per heavy atom. The van der Waals surface area contributed by atoms with Gasteiger partial charge in [-0.25, -0.2) is 9.07 Å². The normalized spacial score (nSPS) is 19.2. The van der Waals surface area contributed by atoms with Crippen LogP contribution < -0.4 is 10.5 Å². The predicted octanol–water partition coefficient (Wildman–Crippen LogP) is 1.60. The van der Waals surface area contributed by atoms with Gasteiger partial charge in [0.05, 0.1) is 5.69 Å². The minimum atomic E-state index is -1.89. The summed E-state index contributed by atoms with van der Waals surface area (Å²) in [6, 6.07) is 9.54. The van der Waals surface area contributed by atoms with E-state index < -0.39 is 17.2 Å². The summed E-state index contributed by atoms with van der Waals surface area (Å²) in [5, 5.41) is 22.4. The van der Waals surface area contributed by atoms with E-state index >= 15 is 4.39 Å². The molecule has 0 fully saturated rings. The van der Waals surface area contributed by atoms with Gasteiger partial charge in [0.25, 0.3) is 5.91 Å². The summed E-state index contributed by atoms with van der Waals surface area (Å²) in [6.45, 7) is 2.60. The highest BCUT2D eigenvalue weighted by Crippen LogP contribution is 2.36. The molecule has 4 rings (SSSR count). The number of aliphatic hydroxyl groups is 1. The SMILES string of the molecule is CC1(F)COc2ccc(C#C[C@@](C)(O)c3cccnn3)cc2-n2nc(C(N)=O)cc21. The number of fused-ring (bicyclic) bond motifs is 3. The van der Waals surface area contributed by atoms with Crippen LogP contribution in [0.2, 0.25) is 0 Å². The number of rotatable bonds is 2. The Bertz CT molecular complexity index is 1190. The standard InChI is InChI=1S/C21H18FN5O3/c1-20(22)12-30-16-6-5-13(7-8-21(2,29)17-4-3-9-24-25-17)10-15(16)27-18(20)11-14(26-27)19(23)28/h3-6,9-11,29H,12H2,1-2H3,(H2,23,28)/t20?,21-/m1/s1. The fraction of sp³-hybridized carbons (Fsp3) is 0.238. The van der Waals surface area contributed by atoms with Gasteiger partial charge in [-0.15, -0.1) is 0 Å². The second kappa shape index (κ2) is 6.93. The van der Waals surface area contributed by atoms with Crippen LogP contribution >= 0.6 is 0 Å². The van der Waals surface area contributed by atoms with E-state index in [9.17, 15) is 9.90 Å². The molecule has 0 saturated carbocycles. The molecule has 3 aromatic rings. The van der Waals surface area contributed by atoms with Gasteiger partial charge in [-0.1, -0.05) is 11.8 Å². The predicted molar refractivity (Wildman–Crippen MR) is 105 cm³/mol. The molecule has 1 aliphatic rings. The molecule has 0 bridgehead atoms. The van der Waals surface area contributed by atoms with E-state index in [0.29, 0.717) is 22.7 Å². The van der Waals surface area contributed by atoms with Gasteiger partial charge >= 0.3 is 0 Å². The largest absolute Gasteiger partial charge is 0.488 e. The molecule has 1 aliphatic heterocycles. The van der Waals surface area contributed by atoms with Gasteiger partial charge in [0.15, 0.2) is 17.0 Å². The first-order valence-electron chi connectivity index (χ1n) is 9.08. The number of hydrogen-bond acceptors (Lipinski definition) is 6. The van der Waals surface area contributed by atoms with Crippen LogP contribution in [0.25, 0.3) is 5.69 Å². The molecule has 0 spiro atoms. The number of benzene rings is 1. The highest BCUT2D eigenvalue weighted by molar-refractivity contribution is 5.91. The Morgan fingerprint density at radius 1 is 1.40 bits per heavy atom. The van der Waals surface area contributed by atoms with E-state index in [1.165, 1.54) is 30.8 Å². The molecule has 9 heteroatoms. The van der Waals surface area contributed by atoms with Crippen molar-refractivity contribution in [3.05, 3.63) is 65.2 Å². The lowest BCUT2D eigenvalue weighted by molar-refractivity contribution is 0.0993. The van der Waals surface area contributed by atoms with Crippen molar-refractivity contribution in [2.75, 3.05) is 6.61 Å². The van der Waals surface area contributed by atoms with Crippen LogP contribution in [0.4, 0.5) is 4.39 Å². The van der Waals surface area contributed by atoms with Crippen molar-refractivity contribution in [2.45, 2.75) is 25.1 Å². The molecule has 1 aromatic carbocycles. The first kappa shape index (κ1) is 19.5. The van der Waals surface area contributed by atoms with Crippen molar-refractivity contribution in [1.82, 2.24) is 20.0 Å². The van der Waals surface area contributed by atoms with Crippen molar-refractivity contribution in [3.63, 3.8) is 0 Å². The molecular weight excluding hydrogens is 389 g/mol. The van der Waals surface area contributed by atoms with Crippen molar-refractivity contribution < 1.29 is 19.0 Å². The van der Waals surface area contributed by atoms with Crippen molar-refractivity contribution >= 4 is 5.91 Å². The molecule has 152 valence electrons. The molecule has 8 nitrogen and oxygen atoms in total. The first-order valence-corrected chi connectivity index (χ1v) is 9.08. The number of amides is 1. The lowest BCUT2D eigenvalue weighted by Crippen LogP contribution is -2.25. The Hall–Kier alpha value is -3.77. The van der Waals surface area contributed by atoms with Crippen molar-refractivity contribution in [1.29, 1.82) is 0 Å². The van der Waals surface area contributed by atoms with E-state index in [-0.39, 0.29) is 18.0 Å². The summed E-state index contributed by atoms with van der Waals surface area (Å²) in [4.78, 5) is 11.6. The quantitative estimate of drug-likeness (QED) is 0.624. The van der Waals surface area contributed by atoms with Gasteiger partial charge in [0, 0.05) is 11.8 Å². The minimum Gasteiger partial charge on any atom is -0.488 e. The second-order valence-corrected chi connectivity index (χ2v) is 7.29. The van der Waals surface area contributed by atoms with E-state index in [4.69, 9.17) is 10.5 Å². The van der Waals surface area contributed by atoms with E-state index in [1.807, 2.05) is 0 Å². The van der Waals surface area contributed by atoms with Crippen LogP contribution in [0.15, 0.2) is 42.6 Å². The third kappa shape index (κ3) is 3.49. The monoisotopic (exact) mass is 407 g/mol. The fourth-order valence-electron chi connectivity index (χ4n) is 3.05. The van der Waals surface area contributed by atoms with E-state index in [2.05, 4.69) is 27.1 Å². The zero-order valence-corrected chi connectivity index (χ0v) is 16.3. The van der Waals surface area contributed by atoms with Crippen molar-refractivity contribution in [2.24, 2.45) is 5.73 Å². The van der Waals surface area contributed by atoms with Gasteiger partial charge in [0.2, 0.25) is 0 Å². The van der Waals surface area contributed by atoms with Crippen LogP contribution in [-0.2, 0) is 11.3 Å². The molecule has 3 heterocycles. The Labute approximate surface area is 171 Å². The average molecular weight is 407 g/mol. The van der Waals surface area contributed by atoms with Gasteiger partial charge in [-0.3, -0.25) is 4.79 Å². The zero-order valence-electron chi connectivity index (χ0n) is 16.3. The summed E-state index contributed by atoms with van der Waals surface area (Å²) in [7, 11) is 0. The maximum Gasteiger partial charge on any atom is 0.269 e. The minimum absolute atomic E-state index is 0.0520. The number of carbonyl (C=O) groups is 1. The fourth-order valence-corrected chi connectivity index (χ4v) is 3.05. The first-order chi connectivity index (χ1) is 14.2. The number of aromatic nitrogens is 4. The Kier molecular flexibility index (Phi) is 4.51. The van der Waals surface area contributed by atoms with Crippen LogP contribution in [-0.4, -0.2) is 37.6 Å². The highest BCUT2D eigenvalue weighted by Gasteiger charge is 2.36. The average Bonchev–Trinajstić information content (AvgIpc) is 3.15. The number of carbonyl (C=O) groups excluding carboxylic acids is 1. The second-order valence-electron chi connectivity index (χ2n) is 7.29. The third-order valence-corrected chi connectivity index (χ3v) is 4.70. The summed E-state index contributed by atoms with van der Waals surface area (Å²) < 4.78 is 22.1. The summed E-state index contributed by atoms with van der Waals surface area (Å²) in [5.41, 5.74) is 3.24. The third-order valence-electron chi connectivity index (χ3n) is 4.70. The topological polar surface area (TPSA) is 116 Å². The summed E-state index contributed by atoms with van der Waals surface area (Å²) in [5.74, 6) is 5.27. The number of hydrogen-bond donors (Lipinski definition) is 2. The molecule has 2 atom stereocenters. The van der Waals surface area contributed by atoms with Crippen LogP contribution in [0.5, 0.6) is 5.75 Å². The van der Waals surface area contributed by atoms with Gasteiger partial charge < -0.3 is 15.6 Å². The van der Waals surface area contributed by atoms with Crippen LogP contribution in [0, 0.1) is 11.8 Å². The highest BCUT2D eigenvalue weighted by atomic mass is 19.1. The van der Waals surface area contributed by atoms with E-state index in [1.54, 1.807) is 30.3 Å². The van der Waals surface area contributed by atoms with Crippen LogP contribution in [0.3, 0.4) is 0 Å². The number of primary amides is 1. The van der Waals surface area contributed by atoms with E-state index in [0.717, 1.165) is 0 Å². The molecule has 1 unspecified atom stereocenters. The lowest BCUT2D eigenvalue weighted by Gasteiger charge is -2.17. The molecular formula is C21H18FN5O3. The molecule has 0 saturated heterocycles.